The number of nitrogens with zero attached hydrogens (tertiary/aromatic N) is 3. The van der Waals surface area contributed by atoms with Crippen molar-refractivity contribution in [3.63, 3.8) is 0 Å². The van der Waals surface area contributed by atoms with Crippen LogP contribution in [-0.2, 0) is 0 Å². The second kappa shape index (κ2) is 9.43. The Bertz CT molecular complexity index is 825. The maximum atomic E-state index is 5.72. The van der Waals surface area contributed by atoms with Crippen molar-refractivity contribution in [3.05, 3.63) is 66.9 Å². The van der Waals surface area contributed by atoms with E-state index >= 15 is 0 Å². The molecule has 0 aliphatic heterocycles. The molecule has 0 atom stereocenters. The minimum atomic E-state index is 0.530. The van der Waals surface area contributed by atoms with Crippen LogP contribution < -0.4 is 19.7 Å². The van der Waals surface area contributed by atoms with Gasteiger partial charge >= 0.3 is 0 Å². The minimum Gasteiger partial charge on any atom is -0.497 e. The molecule has 0 amide bonds. The molecule has 0 unspecified atom stereocenters. The standard InChI is InChI=1S/C21H24N4O2/c1-3-25(17-7-5-4-6-8-17)21-23-14-13-20(24-21)22-15-16-27-19-11-9-18(26-2)10-12-19/h4-14H,3,15-16H2,1-2H3,(H,22,23,24). The second-order valence-electron chi connectivity index (χ2n) is 5.77. The third-order valence-electron chi connectivity index (χ3n) is 4.00. The van der Waals surface area contributed by atoms with E-state index in [9.17, 15) is 0 Å². The molecule has 27 heavy (non-hydrogen) atoms. The fraction of sp³-hybridized carbons (Fsp3) is 0.238. The third-order valence-corrected chi connectivity index (χ3v) is 4.00. The van der Waals surface area contributed by atoms with Crippen molar-refractivity contribution in [2.75, 3.05) is 37.0 Å². The molecule has 0 aliphatic carbocycles. The van der Waals surface area contributed by atoms with E-state index in [0.29, 0.717) is 19.1 Å². The predicted molar refractivity (Wildman–Crippen MR) is 108 cm³/mol. The highest BCUT2D eigenvalue weighted by Gasteiger charge is 2.10. The molecule has 0 aliphatic rings. The van der Waals surface area contributed by atoms with Crippen LogP contribution in [0.2, 0.25) is 0 Å². The van der Waals surface area contributed by atoms with E-state index in [0.717, 1.165) is 29.5 Å². The fourth-order valence-electron chi connectivity index (χ4n) is 2.64. The van der Waals surface area contributed by atoms with Crippen LogP contribution in [0.5, 0.6) is 11.5 Å². The molecule has 3 aromatic rings. The van der Waals surface area contributed by atoms with Crippen LogP contribution in [0.1, 0.15) is 6.92 Å². The molecule has 140 valence electrons. The number of hydrogen-bond acceptors (Lipinski definition) is 6. The lowest BCUT2D eigenvalue weighted by molar-refractivity contribution is 0.331. The third kappa shape index (κ3) is 5.10. The normalized spacial score (nSPS) is 10.3. The second-order valence-corrected chi connectivity index (χ2v) is 5.77. The van der Waals surface area contributed by atoms with Crippen LogP contribution in [-0.4, -0.2) is 36.8 Å². The molecule has 0 bridgehead atoms. The van der Waals surface area contributed by atoms with E-state index in [4.69, 9.17) is 9.47 Å². The molecule has 1 heterocycles. The molecular formula is C21H24N4O2. The van der Waals surface area contributed by atoms with Gasteiger partial charge < -0.3 is 19.7 Å². The molecule has 2 aromatic carbocycles. The summed E-state index contributed by atoms with van der Waals surface area (Å²) in [7, 11) is 1.65. The topological polar surface area (TPSA) is 59.5 Å². The first-order valence-corrected chi connectivity index (χ1v) is 8.96. The number of hydrogen-bond donors (Lipinski definition) is 1. The highest BCUT2D eigenvalue weighted by atomic mass is 16.5. The molecule has 3 rings (SSSR count). The number of rotatable bonds is 9. The summed E-state index contributed by atoms with van der Waals surface area (Å²) < 4.78 is 10.9. The van der Waals surface area contributed by atoms with E-state index in [1.807, 2.05) is 48.5 Å². The van der Waals surface area contributed by atoms with E-state index in [1.165, 1.54) is 0 Å². The number of para-hydroxylation sites is 1. The minimum absolute atomic E-state index is 0.530. The van der Waals surface area contributed by atoms with Gasteiger partial charge in [0, 0.05) is 18.4 Å². The SMILES string of the molecule is CCN(c1ccccc1)c1nccc(NCCOc2ccc(OC)cc2)n1. The molecule has 6 nitrogen and oxygen atoms in total. The van der Waals surface area contributed by atoms with Crippen molar-refractivity contribution in [2.45, 2.75) is 6.92 Å². The number of methoxy groups -OCH3 is 1. The van der Waals surface area contributed by atoms with Gasteiger partial charge in [-0.2, -0.15) is 4.98 Å². The maximum absolute atomic E-state index is 5.72. The van der Waals surface area contributed by atoms with Crippen LogP contribution in [0.4, 0.5) is 17.5 Å². The van der Waals surface area contributed by atoms with Gasteiger partial charge in [-0.05, 0) is 49.4 Å². The number of anilines is 3. The summed E-state index contributed by atoms with van der Waals surface area (Å²) in [5, 5.41) is 3.28. The van der Waals surface area contributed by atoms with Gasteiger partial charge in [0.2, 0.25) is 5.95 Å². The zero-order valence-corrected chi connectivity index (χ0v) is 15.6. The van der Waals surface area contributed by atoms with Crippen molar-refractivity contribution in [1.29, 1.82) is 0 Å². The fourth-order valence-corrected chi connectivity index (χ4v) is 2.64. The van der Waals surface area contributed by atoms with E-state index in [-0.39, 0.29) is 0 Å². The first kappa shape index (κ1) is 18.5. The Morgan fingerprint density at radius 1 is 0.963 bits per heavy atom. The molecular weight excluding hydrogens is 340 g/mol. The summed E-state index contributed by atoms with van der Waals surface area (Å²) in [4.78, 5) is 11.1. The quantitative estimate of drug-likeness (QED) is 0.576. The largest absolute Gasteiger partial charge is 0.497 e. The zero-order chi connectivity index (χ0) is 18.9. The van der Waals surface area contributed by atoms with Gasteiger partial charge in [0.05, 0.1) is 13.7 Å². The van der Waals surface area contributed by atoms with Crippen molar-refractivity contribution in [3.8, 4) is 11.5 Å². The average molecular weight is 364 g/mol. The van der Waals surface area contributed by atoms with Crippen molar-refractivity contribution in [2.24, 2.45) is 0 Å². The van der Waals surface area contributed by atoms with Crippen LogP contribution >= 0.6 is 0 Å². The van der Waals surface area contributed by atoms with E-state index < -0.39 is 0 Å². The van der Waals surface area contributed by atoms with Gasteiger partial charge in [-0.15, -0.1) is 0 Å². The van der Waals surface area contributed by atoms with Gasteiger partial charge in [0.1, 0.15) is 23.9 Å². The predicted octanol–water partition coefficient (Wildman–Crippen LogP) is 4.13. The van der Waals surface area contributed by atoms with Gasteiger partial charge in [-0.1, -0.05) is 18.2 Å². The summed E-state index contributed by atoms with van der Waals surface area (Å²) in [5.74, 6) is 3.06. The number of nitrogens with one attached hydrogen (secondary N) is 1. The molecule has 6 heteroatoms. The molecule has 1 N–H and O–H groups in total. The maximum Gasteiger partial charge on any atom is 0.231 e. The Labute approximate surface area is 159 Å². The Balaban J connectivity index is 1.55. The summed E-state index contributed by atoms with van der Waals surface area (Å²) in [6.45, 7) is 4.04. The summed E-state index contributed by atoms with van der Waals surface area (Å²) in [6.07, 6.45) is 1.76. The van der Waals surface area contributed by atoms with Gasteiger partial charge in [-0.3, -0.25) is 0 Å². The van der Waals surface area contributed by atoms with Crippen LogP contribution in [0.3, 0.4) is 0 Å². The molecule has 0 fully saturated rings. The summed E-state index contributed by atoms with van der Waals surface area (Å²) in [6, 6.07) is 19.5. The van der Waals surface area contributed by atoms with Gasteiger partial charge in [0.15, 0.2) is 0 Å². The van der Waals surface area contributed by atoms with Gasteiger partial charge in [0.25, 0.3) is 0 Å². The van der Waals surface area contributed by atoms with E-state index in [1.54, 1.807) is 13.3 Å². The Kier molecular flexibility index (Phi) is 6.46. The Morgan fingerprint density at radius 3 is 2.41 bits per heavy atom. The smallest absolute Gasteiger partial charge is 0.231 e. The molecule has 1 aromatic heterocycles. The number of ether oxygens (including phenoxy) is 2. The Hall–Kier alpha value is -3.28. The summed E-state index contributed by atoms with van der Waals surface area (Å²) in [5.41, 5.74) is 1.07. The molecule has 0 saturated carbocycles. The lowest BCUT2D eigenvalue weighted by Gasteiger charge is -2.21. The number of benzene rings is 2. The van der Waals surface area contributed by atoms with Crippen molar-refractivity contribution in [1.82, 2.24) is 9.97 Å². The molecule has 0 spiro atoms. The lowest BCUT2D eigenvalue weighted by atomic mass is 10.3. The first-order chi connectivity index (χ1) is 13.3. The van der Waals surface area contributed by atoms with Crippen molar-refractivity contribution < 1.29 is 9.47 Å². The first-order valence-electron chi connectivity index (χ1n) is 8.96. The van der Waals surface area contributed by atoms with E-state index in [2.05, 4.69) is 39.2 Å². The molecule has 0 radical (unpaired) electrons. The van der Waals surface area contributed by atoms with Crippen LogP contribution in [0.25, 0.3) is 0 Å². The molecule has 0 saturated heterocycles. The highest BCUT2D eigenvalue weighted by Crippen LogP contribution is 2.22. The lowest BCUT2D eigenvalue weighted by Crippen LogP contribution is -2.19. The highest BCUT2D eigenvalue weighted by molar-refractivity contribution is 5.58. The zero-order valence-electron chi connectivity index (χ0n) is 15.6. The van der Waals surface area contributed by atoms with Crippen LogP contribution in [0.15, 0.2) is 66.9 Å². The Morgan fingerprint density at radius 2 is 1.70 bits per heavy atom. The van der Waals surface area contributed by atoms with Crippen molar-refractivity contribution >= 4 is 17.5 Å². The monoisotopic (exact) mass is 364 g/mol. The van der Waals surface area contributed by atoms with Crippen LogP contribution in [0, 0.1) is 0 Å². The average Bonchev–Trinajstić information content (AvgIpc) is 2.73. The number of aromatic nitrogens is 2. The summed E-state index contributed by atoms with van der Waals surface area (Å²) >= 11 is 0. The van der Waals surface area contributed by atoms with Gasteiger partial charge in [-0.25, -0.2) is 4.98 Å².